The minimum Gasteiger partial charge on any atom is -0.474 e. The van der Waals surface area contributed by atoms with E-state index in [0.29, 0.717) is 48.0 Å². The molecule has 0 radical (unpaired) electrons. The molecule has 0 aliphatic heterocycles. The molecule has 6 rings (SSSR count). The van der Waals surface area contributed by atoms with Crippen LogP contribution >= 0.6 is 0 Å². The summed E-state index contributed by atoms with van der Waals surface area (Å²) in [5.41, 5.74) is 16.8. The number of fused-ring (bicyclic) bond motifs is 2. The molecular weight excluding hydrogens is 793 g/mol. The number of carbonyl (C=O) groups is 4. The van der Waals surface area contributed by atoms with Gasteiger partial charge in [0.2, 0.25) is 11.8 Å². The summed E-state index contributed by atoms with van der Waals surface area (Å²) in [6.07, 6.45) is 3.28. The van der Waals surface area contributed by atoms with Crippen molar-refractivity contribution in [3.05, 3.63) is 129 Å². The van der Waals surface area contributed by atoms with Gasteiger partial charge in [0.25, 0.3) is 23.4 Å². The molecule has 0 atom stereocenters. The minimum absolute atomic E-state index is 0.0651. The quantitative estimate of drug-likeness (QED) is 0.0160. The molecule has 0 aliphatic carbocycles. The summed E-state index contributed by atoms with van der Waals surface area (Å²) in [7, 11) is 1.38. The van der Waals surface area contributed by atoms with Gasteiger partial charge in [-0.2, -0.15) is 0 Å². The number of nitrogens with zero attached hydrogens (tertiary/aromatic N) is 4. The molecule has 4 aromatic heterocycles. The van der Waals surface area contributed by atoms with Crippen LogP contribution in [0.3, 0.4) is 0 Å². The van der Waals surface area contributed by atoms with Crippen molar-refractivity contribution in [2.24, 2.45) is 11.5 Å². The number of nitrogens with two attached hydrogens (primary N) is 2. The smallest absolute Gasteiger partial charge is 0.289 e. The summed E-state index contributed by atoms with van der Waals surface area (Å²) in [6, 6.07) is 19.3. The van der Waals surface area contributed by atoms with E-state index in [4.69, 9.17) is 25.8 Å². The highest BCUT2D eigenvalue weighted by molar-refractivity contribution is 6.45. The number of Topliss-reactive ketones (excluding diaryl/α,β-unsaturated/α-hetero) is 2. The fourth-order valence-corrected chi connectivity index (χ4v) is 7.03. The van der Waals surface area contributed by atoms with E-state index in [2.05, 4.69) is 14.9 Å². The first-order valence-corrected chi connectivity index (χ1v) is 19.2. The van der Waals surface area contributed by atoms with Gasteiger partial charge in [-0.25, -0.2) is 19.7 Å². The lowest BCUT2D eigenvalue weighted by Gasteiger charge is -2.12. The molecule has 2 amide bonds. The number of rotatable bonds is 20. The Hall–Kier alpha value is -6.54. The Morgan fingerprint density at radius 2 is 1.10 bits per heavy atom. The van der Waals surface area contributed by atoms with Crippen LogP contribution in [0.2, 0.25) is 0 Å². The lowest BCUT2D eigenvalue weighted by atomic mass is 9.99. The number of amides is 2. The topological polar surface area (TPSA) is 273 Å². The molecule has 4 heterocycles. The van der Waals surface area contributed by atoms with E-state index < -0.39 is 42.9 Å². The van der Waals surface area contributed by atoms with E-state index in [1.165, 1.54) is 7.11 Å². The van der Waals surface area contributed by atoms with E-state index in [9.17, 15) is 39.6 Å². The number of aromatic nitrogens is 4. The zero-order valence-corrected chi connectivity index (χ0v) is 33.9. The van der Waals surface area contributed by atoms with E-state index in [0.717, 1.165) is 22.5 Å². The molecule has 18 nitrogen and oxygen atoms in total. The highest BCUT2D eigenvalue weighted by atomic mass is 17.2. The van der Waals surface area contributed by atoms with Gasteiger partial charge in [0.15, 0.2) is 6.29 Å². The van der Waals surface area contributed by atoms with E-state index in [-0.39, 0.29) is 53.9 Å². The number of primary amides is 2. The van der Waals surface area contributed by atoms with Crippen LogP contribution in [0.4, 0.5) is 0 Å². The molecule has 0 fully saturated rings. The minimum atomic E-state index is -1.77. The van der Waals surface area contributed by atoms with Gasteiger partial charge < -0.3 is 50.2 Å². The first kappa shape index (κ1) is 45.5. The predicted octanol–water partition coefficient (Wildman–Crippen LogP) is 1.94. The largest absolute Gasteiger partial charge is 0.474 e. The van der Waals surface area contributed by atoms with Gasteiger partial charge in [-0.15, -0.1) is 0 Å². The van der Waals surface area contributed by atoms with Crippen LogP contribution < -0.4 is 20.9 Å². The molecule has 8 N–H and O–H groups in total. The summed E-state index contributed by atoms with van der Waals surface area (Å²) in [4.78, 5) is 67.0. The van der Waals surface area contributed by atoms with Gasteiger partial charge in [-0.05, 0) is 35.1 Å². The summed E-state index contributed by atoms with van der Waals surface area (Å²) < 4.78 is 14.6. The number of hydrogen-bond acceptors (Lipinski definition) is 14. The number of benzene rings is 2. The molecule has 0 bridgehead atoms. The van der Waals surface area contributed by atoms with Gasteiger partial charge in [0.1, 0.15) is 30.9 Å². The number of ether oxygens (including phenoxy) is 2. The molecule has 6 aromatic rings. The van der Waals surface area contributed by atoms with Crippen LogP contribution in [0.15, 0.2) is 73.1 Å². The summed E-state index contributed by atoms with van der Waals surface area (Å²) >= 11 is 0. The molecule has 322 valence electrons. The molecule has 18 heteroatoms. The van der Waals surface area contributed by atoms with Crippen molar-refractivity contribution in [3.63, 3.8) is 0 Å². The maximum Gasteiger partial charge on any atom is 0.289 e. The van der Waals surface area contributed by atoms with Crippen molar-refractivity contribution >= 4 is 34.4 Å². The third kappa shape index (κ3) is 10.4. The zero-order chi connectivity index (χ0) is 44.2. The molecule has 2 aromatic carbocycles. The fourth-order valence-electron chi connectivity index (χ4n) is 7.03. The van der Waals surface area contributed by atoms with Crippen LogP contribution in [-0.2, 0) is 58.3 Å². The van der Waals surface area contributed by atoms with Crippen LogP contribution in [0.1, 0.15) is 79.6 Å². The number of aliphatic hydroxyl groups excluding tert-OH is 3. The van der Waals surface area contributed by atoms with Crippen molar-refractivity contribution < 1.29 is 58.9 Å². The van der Waals surface area contributed by atoms with Gasteiger partial charge >= 0.3 is 0 Å². The second-order valence-corrected chi connectivity index (χ2v) is 13.5. The van der Waals surface area contributed by atoms with Gasteiger partial charge in [0, 0.05) is 36.6 Å². The molecule has 0 spiro atoms. The average Bonchev–Trinajstić information content (AvgIpc) is 3.75. The number of hydrogen-bond donors (Lipinski definition) is 6. The van der Waals surface area contributed by atoms with Crippen molar-refractivity contribution in [2.45, 2.75) is 59.0 Å². The van der Waals surface area contributed by atoms with E-state index in [1.807, 2.05) is 74.5 Å². The molecule has 0 saturated heterocycles. The first-order chi connectivity index (χ1) is 29.4. The summed E-state index contributed by atoms with van der Waals surface area (Å²) in [6.45, 7) is 2.69. The number of aliphatic hydroxyl groups is 4. The Morgan fingerprint density at radius 3 is 1.46 bits per heavy atom. The summed E-state index contributed by atoms with van der Waals surface area (Å²) in [5.74, 6) is -3.89. The SMILES string of the molecule is CCc1c(C(=O)C(N)=O)c2c(OCC(O)O)nc(CO)cn2c1Cc1ccccc1.CCc1c(C(=O)C(N)=O)c2c(OCCOOC)nc(CO)cn2c1Cc1ccccc1. The molecule has 0 saturated carbocycles. The third-order valence-electron chi connectivity index (χ3n) is 9.54. The number of carbonyl (C=O) groups excluding carboxylic acids is 4. The molecule has 61 heavy (non-hydrogen) atoms. The fraction of sp³-hybridized carbons (Fsp3) is 0.302. The van der Waals surface area contributed by atoms with Crippen LogP contribution in [0.25, 0.3) is 11.0 Å². The maximum atomic E-state index is 12.8. The van der Waals surface area contributed by atoms with Gasteiger partial charge in [0.05, 0.1) is 42.8 Å². The van der Waals surface area contributed by atoms with Crippen LogP contribution in [0.5, 0.6) is 11.8 Å². The lowest BCUT2D eigenvalue weighted by molar-refractivity contribution is -0.275. The van der Waals surface area contributed by atoms with Crippen molar-refractivity contribution in [2.75, 3.05) is 26.9 Å². The normalized spacial score (nSPS) is 11.1. The average molecular weight is 841 g/mol. The Morgan fingerprint density at radius 1 is 0.672 bits per heavy atom. The van der Waals surface area contributed by atoms with Crippen LogP contribution in [-0.4, -0.2) is 95.8 Å². The standard InChI is InChI=1S/C22H25N3O6.C21H23N3O6/c1-3-16-17(11-14-7-5-4-6-8-14)25-12-15(13-26)24-22(30-9-10-31-29-2)19(25)18(16)20(27)21(23)28;1-2-14-15(8-12-6-4-3-5-7-12)24-9-13(10-25)23-21(30-11-16(26)27)18(24)17(14)19(28)20(22)29/h4-8,12,26H,3,9-11,13H2,1-2H3,(H2,23,28);3-7,9,16,25-27H,2,8,10-11H2,1H3,(H2,22,29). The second-order valence-electron chi connectivity index (χ2n) is 13.5. The van der Waals surface area contributed by atoms with Crippen LogP contribution in [0, 0.1) is 0 Å². The first-order valence-electron chi connectivity index (χ1n) is 19.2. The molecular formula is C43H48N6O12. The molecule has 0 aliphatic rings. The Labute approximate surface area is 349 Å². The lowest BCUT2D eigenvalue weighted by Crippen LogP contribution is -2.24. The van der Waals surface area contributed by atoms with Crippen molar-refractivity contribution in [3.8, 4) is 11.8 Å². The highest BCUT2D eigenvalue weighted by Gasteiger charge is 2.31. The zero-order valence-electron chi connectivity index (χ0n) is 33.9. The Balaban J connectivity index is 0.000000231. The van der Waals surface area contributed by atoms with Crippen molar-refractivity contribution in [1.82, 2.24) is 18.8 Å². The monoisotopic (exact) mass is 840 g/mol. The van der Waals surface area contributed by atoms with E-state index in [1.54, 1.807) is 21.2 Å². The maximum absolute atomic E-state index is 12.8. The highest BCUT2D eigenvalue weighted by Crippen LogP contribution is 2.34. The van der Waals surface area contributed by atoms with E-state index >= 15 is 0 Å². The number of ketones is 2. The van der Waals surface area contributed by atoms with Crippen molar-refractivity contribution in [1.29, 1.82) is 0 Å². The van der Waals surface area contributed by atoms with Gasteiger partial charge in [-0.1, -0.05) is 74.5 Å². The Kier molecular flexibility index (Phi) is 15.8. The second kappa shape index (κ2) is 21.1. The predicted molar refractivity (Wildman–Crippen MR) is 219 cm³/mol. The Bertz CT molecular complexity index is 2500. The summed E-state index contributed by atoms with van der Waals surface area (Å²) in [5, 5.41) is 37.7. The third-order valence-corrected chi connectivity index (χ3v) is 9.54. The van der Waals surface area contributed by atoms with Gasteiger partial charge in [-0.3, -0.25) is 19.2 Å². The molecule has 0 unspecified atom stereocenters.